The fourth-order valence-electron chi connectivity index (χ4n) is 2.91. The minimum absolute atomic E-state index is 0.475. The number of nitrogens with zero attached hydrogens (tertiary/aromatic N) is 3. The standard InChI is InChI=1S/C16H22ClN3/c1-3-19(13-5-6-13)8-9-20-15-7-4-12(2)10-14(15)18-16(20)11-17/h4,7,10,13H,3,5-6,8-9,11H2,1-2H3. The molecule has 0 spiro atoms. The van der Waals surface area contributed by atoms with Crippen LogP contribution in [-0.2, 0) is 12.4 Å². The maximum atomic E-state index is 6.07. The number of hydrogen-bond acceptors (Lipinski definition) is 2. The Morgan fingerprint density at radius 3 is 2.85 bits per heavy atom. The Labute approximate surface area is 125 Å². The summed E-state index contributed by atoms with van der Waals surface area (Å²) in [6, 6.07) is 7.27. The molecular formula is C16H22ClN3. The molecule has 3 rings (SSSR count). The smallest absolute Gasteiger partial charge is 0.124 e. The van der Waals surface area contributed by atoms with Gasteiger partial charge in [-0.25, -0.2) is 4.98 Å². The fraction of sp³-hybridized carbons (Fsp3) is 0.562. The van der Waals surface area contributed by atoms with Gasteiger partial charge in [-0.15, -0.1) is 11.6 Å². The zero-order valence-electron chi connectivity index (χ0n) is 12.3. The molecule has 108 valence electrons. The number of halogens is 1. The van der Waals surface area contributed by atoms with Crippen molar-refractivity contribution in [2.24, 2.45) is 0 Å². The summed E-state index contributed by atoms with van der Waals surface area (Å²) >= 11 is 6.07. The van der Waals surface area contributed by atoms with Crippen LogP contribution in [0, 0.1) is 6.92 Å². The Morgan fingerprint density at radius 1 is 1.40 bits per heavy atom. The van der Waals surface area contributed by atoms with Crippen LogP contribution in [-0.4, -0.2) is 33.6 Å². The summed E-state index contributed by atoms with van der Waals surface area (Å²) < 4.78 is 2.28. The van der Waals surface area contributed by atoms with Crippen molar-refractivity contribution in [2.75, 3.05) is 13.1 Å². The number of alkyl halides is 1. The first-order valence-electron chi connectivity index (χ1n) is 7.48. The highest BCUT2D eigenvalue weighted by atomic mass is 35.5. The second-order valence-electron chi connectivity index (χ2n) is 5.67. The average molecular weight is 292 g/mol. The van der Waals surface area contributed by atoms with E-state index >= 15 is 0 Å². The third-order valence-corrected chi connectivity index (χ3v) is 4.42. The van der Waals surface area contributed by atoms with Gasteiger partial charge < -0.3 is 4.57 Å². The molecule has 3 nitrogen and oxygen atoms in total. The maximum Gasteiger partial charge on any atom is 0.124 e. The molecular weight excluding hydrogens is 270 g/mol. The molecule has 0 N–H and O–H groups in total. The second-order valence-corrected chi connectivity index (χ2v) is 5.93. The maximum absolute atomic E-state index is 6.07. The number of aryl methyl sites for hydroxylation is 1. The van der Waals surface area contributed by atoms with E-state index in [9.17, 15) is 0 Å². The van der Waals surface area contributed by atoms with Gasteiger partial charge >= 0.3 is 0 Å². The third-order valence-electron chi connectivity index (χ3n) is 4.18. The highest BCUT2D eigenvalue weighted by Crippen LogP contribution is 2.27. The number of benzene rings is 1. The van der Waals surface area contributed by atoms with Gasteiger partial charge in [0.05, 0.1) is 16.9 Å². The highest BCUT2D eigenvalue weighted by Gasteiger charge is 2.27. The third kappa shape index (κ3) is 2.70. The van der Waals surface area contributed by atoms with Crippen LogP contribution in [0.15, 0.2) is 18.2 Å². The van der Waals surface area contributed by atoms with Crippen molar-refractivity contribution < 1.29 is 0 Å². The minimum atomic E-state index is 0.475. The van der Waals surface area contributed by atoms with Gasteiger partial charge in [-0.05, 0) is 44.0 Å². The van der Waals surface area contributed by atoms with Gasteiger partial charge in [-0.1, -0.05) is 13.0 Å². The number of hydrogen-bond donors (Lipinski definition) is 0. The SMILES string of the molecule is CCN(CCn1c(CCl)nc2cc(C)ccc21)C1CC1. The molecule has 0 saturated heterocycles. The molecule has 0 atom stereocenters. The first kappa shape index (κ1) is 13.9. The molecule has 1 fully saturated rings. The number of aromatic nitrogens is 2. The van der Waals surface area contributed by atoms with Crippen LogP contribution in [0.1, 0.15) is 31.2 Å². The van der Waals surface area contributed by atoms with Crippen molar-refractivity contribution in [1.82, 2.24) is 14.5 Å². The first-order valence-corrected chi connectivity index (χ1v) is 8.02. The molecule has 4 heteroatoms. The van der Waals surface area contributed by atoms with Crippen LogP contribution in [0.25, 0.3) is 11.0 Å². The van der Waals surface area contributed by atoms with E-state index in [4.69, 9.17) is 11.6 Å². The van der Waals surface area contributed by atoms with Crippen molar-refractivity contribution in [3.8, 4) is 0 Å². The highest BCUT2D eigenvalue weighted by molar-refractivity contribution is 6.16. The second kappa shape index (κ2) is 5.74. The summed E-state index contributed by atoms with van der Waals surface area (Å²) in [7, 11) is 0. The predicted molar refractivity (Wildman–Crippen MR) is 84.3 cm³/mol. The van der Waals surface area contributed by atoms with Crippen LogP contribution in [0.4, 0.5) is 0 Å². The molecule has 1 aliphatic carbocycles. The van der Waals surface area contributed by atoms with E-state index in [1.54, 1.807) is 0 Å². The van der Waals surface area contributed by atoms with Gasteiger partial charge in [0.2, 0.25) is 0 Å². The molecule has 2 aromatic rings. The summed E-state index contributed by atoms with van der Waals surface area (Å²) in [5.74, 6) is 1.46. The lowest BCUT2D eigenvalue weighted by Crippen LogP contribution is -2.29. The van der Waals surface area contributed by atoms with Crippen LogP contribution in [0.3, 0.4) is 0 Å². The molecule has 1 saturated carbocycles. The zero-order chi connectivity index (χ0) is 14.1. The van der Waals surface area contributed by atoms with Crippen molar-refractivity contribution in [2.45, 2.75) is 45.2 Å². The van der Waals surface area contributed by atoms with Crippen LogP contribution in [0.2, 0.25) is 0 Å². The first-order chi connectivity index (χ1) is 9.72. The summed E-state index contributed by atoms with van der Waals surface area (Å²) in [4.78, 5) is 7.24. The molecule has 0 bridgehead atoms. The topological polar surface area (TPSA) is 21.1 Å². The van der Waals surface area contributed by atoms with Gasteiger partial charge in [0.15, 0.2) is 0 Å². The summed E-state index contributed by atoms with van der Waals surface area (Å²) in [6.07, 6.45) is 2.72. The van der Waals surface area contributed by atoms with E-state index in [0.717, 1.165) is 37.0 Å². The summed E-state index contributed by atoms with van der Waals surface area (Å²) in [5.41, 5.74) is 3.52. The lowest BCUT2D eigenvalue weighted by molar-refractivity contribution is 0.266. The molecule has 1 heterocycles. The van der Waals surface area contributed by atoms with Gasteiger partial charge in [0.25, 0.3) is 0 Å². The predicted octanol–water partition coefficient (Wildman–Crippen LogP) is 3.57. The summed E-state index contributed by atoms with van der Waals surface area (Å²) in [6.45, 7) is 7.55. The van der Waals surface area contributed by atoms with Crippen LogP contribution >= 0.6 is 11.6 Å². The van der Waals surface area contributed by atoms with E-state index in [-0.39, 0.29) is 0 Å². The van der Waals surface area contributed by atoms with Gasteiger partial charge in [0.1, 0.15) is 5.82 Å². The van der Waals surface area contributed by atoms with E-state index in [1.165, 1.54) is 23.9 Å². The van der Waals surface area contributed by atoms with Crippen molar-refractivity contribution in [1.29, 1.82) is 0 Å². The number of fused-ring (bicyclic) bond motifs is 1. The Morgan fingerprint density at radius 2 is 2.20 bits per heavy atom. The lowest BCUT2D eigenvalue weighted by Gasteiger charge is -2.20. The van der Waals surface area contributed by atoms with Crippen LogP contribution in [0.5, 0.6) is 0 Å². The molecule has 20 heavy (non-hydrogen) atoms. The number of likely N-dealkylation sites (N-methyl/N-ethyl adjacent to an activating group) is 1. The molecule has 0 aliphatic heterocycles. The van der Waals surface area contributed by atoms with E-state index in [0.29, 0.717) is 5.88 Å². The quantitative estimate of drug-likeness (QED) is 0.759. The lowest BCUT2D eigenvalue weighted by atomic mass is 10.2. The molecule has 1 aromatic carbocycles. The Hall–Kier alpha value is -1.06. The van der Waals surface area contributed by atoms with Crippen molar-refractivity contribution in [3.63, 3.8) is 0 Å². The largest absolute Gasteiger partial charge is 0.326 e. The van der Waals surface area contributed by atoms with Crippen LogP contribution < -0.4 is 0 Å². The van der Waals surface area contributed by atoms with E-state index in [2.05, 4.69) is 46.5 Å². The number of rotatable bonds is 6. The normalized spacial score (nSPS) is 15.4. The molecule has 0 amide bonds. The minimum Gasteiger partial charge on any atom is -0.326 e. The Kier molecular flexibility index (Phi) is 3.99. The Balaban J connectivity index is 1.85. The molecule has 0 radical (unpaired) electrons. The van der Waals surface area contributed by atoms with Crippen molar-refractivity contribution >= 4 is 22.6 Å². The monoisotopic (exact) mass is 291 g/mol. The fourth-order valence-corrected chi connectivity index (χ4v) is 3.11. The average Bonchev–Trinajstić information content (AvgIpc) is 3.22. The molecule has 0 unspecified atom stereocenters. The summed E-state index contributed by atoms with van der Waals surface area (Å²) in [5, 5.41) is 0. The molecule has 1 aromatic heterocycles. The van der Waals surface area contributed by atoms with E-state index < -0.39 is 0 Å². The zero-order valence-corrected chi connectivity index (χ0v) is 13.0. The Bertz CT molecular complexity index is 601. The van der Waals surface area contributed by atoms with Crippen molar-refractivity contribution in [3.05, 3.63) is 29.6 Å². The van der Waals surface area contributed by atoms with Gasteiger partial charge in [-0.2, -0.15) is 0 Å². The number of imidazole rings is 1. The van der Waals surface area contributed by atoms with Gasteiger partial charge in [-0.3, -0.25) is 4.90 Å². The molecule has 1 aliphatic rings. The van der Waals surface area contributed by atoms with Gasteiger partial charge in [0, 0.05) is 19.1 Å². The van der Waals surface area contributed by atoms with E-state index in [1.807, 2.05) is 0 Å².